The summed E-state index contributed by atoms with van der Waals surface area (Å²) in [6.07, 6.45) is 8.74. The molecule has 2 aliphatic rings. The molecule has 3 heteroatoms. The quantitative estimate of drug-likeness (QED) is 0.790. The number of nitrogens with one attached hydrogen (secondary N) is 2. The van der Waals surface area contributed by atoms with E-state index < -0.39 is 0 Å². The number of hydrogen-bond acceptors (Lipinski definition) is 2. The van der Waals surface area contributed by atoms with E-state index in [9.17, 15) is 4.79 Å². The lowest BCUT2D eigenvalue weighted by Crippen LogP contribution is -2.48. The molecule has 2 rings (SSSR count). The Balaban J connectivity index is 1.71. The molecule has 1 saturated heterocycles. The van der Waals surface area contributed by atoms with E-state index in [1.165, 1.54) is 38.5 Å². The van der Waals surface area contributed by atoms with Gasteiger partial charge in [0.05, 0.1) is 6.04 Å². The molecular weight excluding hydrogens is 212 g/mol. The lowest BCUT2D eigenvalue weighted by Gasteiger charge is -2.30. The molecule has 2 unspecified atom stereocenters. The van der Waals surface area contributed by atoms with Crippen LogP contribution in [0.15, 0.2) is 0 Å². The third-order valence-electron chi connectivity index (χ3n) is 4.45. The van der Waals surface area contributed by atoms with Gasteiger partial charge in [0.25, 0.3) is 0 Å². The van der Waals surface area contributed by atoms with Gasteiger partial charge in [-0.3, -0.25) is 4.79 Å². The number of hydrogen-bond donors (Lipinski definition) is 2. The van der Waals surface area contributed by atoms with Gasteiger partial charge < -0.3 is 10.6 Å². The highest BCUT2D eigenvalue weighted by molar-refractivity contribution is 5.81. The summed E-state index contributed by atoms with van der Waals surface area (Å²) in [6.45, 7) is 4.21. The molecule has 0 spiro atoms. The third-order valence-corrected chi connectivity index (χ3v) is 4.45. The van der Waals surface area contributed by atoms with E-state index in [0.717, 1.165) is 25.4 Å². The molecule has 0 aromatic carbocycles. The molecule has 1 saturated carbocycles. The lowest BCUT2D eigenvalue weighted by atomic mass is 9.80. The Morgan fingerprint density at radius 3 is 2.65 bits per heavy atom. The molecule has 0 radical (unpaired) electrons. The molecule has 0 aromatic heterocycles. The van der Waals surface area contributed by atoms with Crippen molar-refractivity contribution in [2.45, 2.75) is 57.9 Å². The summed E-state index contributed by atoms with van der Waals surface area (Å²) in [5, 5.41) is 6.46. The van der Waals surface area contributed by atoms with E-state index in [0.29, 0.717) is 5.92 Å². The minimum absolute atomic E-state index is 0.0719. The number of amides is 1. The molecule has 1 heterocycles. The minimum atomic E-state index is 0.0719. The summed E-state index contributed by atoms with van der Waals surface area (Å²) in [5.41, 5.74) is 0. The van der Waals surface area contributed by atoms with Crippen molar-refractivity contribution in [3.05, 3.63) is 0 Å². The highest BCUT2D eigenvalue weighted by atomic mass is 16.2. The fourth-order valence-electron chi connectivity index (χ4n) is 3.13. The van der Waals surface area contributed by atoms with Crippen LogP contribution in [0.3, 0.4) is 0 Å². The van der Waals surface area contributed by atoms with Crippen LogP contribution in [-0.2, 0) is 4.79 Å². The highest BCUT2D eigenvalue weighted by Gasteiger charge is 2.24. The molecule has 1 aliphatic heterocycles. The van der Waals surface area contributed by atoms with Gasteiger partial charge in [0, 0.05) is 6.54 Å². The molecule has 1 amide bonds. The minimum Gasteiger partial charge on any atom is -0.354 e. The summed E-state index contributed by atoms with van der Waals surface area (Å²) >= 11 is 0. The first kappa shape index (κ1) is 12.9. The molecule has 0 aromatic rings. The van der Waals surface area contributed by atoms with Crippen LogP contribution in [0.1, 0.15) is 51.9 Å². The molecular formula is C14H26N2O. The standard InChI is InChI=1S/C14H26N2O/c1-11-6-2-3-7-12(11)10-16-14(17)13-8-4-5-9-15-13/h11-13,15H,2-10H2,1H3,(H,16,17)/t11?,12?,13-/m0/s1. The summed E-state index contributed by atoms with van der Waals surface area (Å²) in [6, 6.07) is 0.0719. The Labute approximate surface area is 105 Å². The second-order valence-electron chi connectivity index (χ2n) is 5.77. The first-order chi connectivity index (χ1) is 8.27. The molecule has 98 valence electrons. The Bertz CT molecular complexity index is 249. The van der Waals surface area contributed by atoms with Crippen LogP contribution in [0.4, 0.5) is 0 Å². The Hall–Kier alpha value is -0.570. The van der Waals surface area contributed by atoms with Crippen LogP contribution < -0.4 is 10.6 Å². The van der Waals surface area contributed by atoms with E-state index in [1.807, 2.05) is 0 Å². The predicted molar refractivity (Wildman–Crippen MR) is 69.8 cm³/mol. The average molecular weight is 238 g/mol. The second kappa shape index (κ2) is 6.39. The molecule has 1 aliphatic carbocycles. The monoisotopic (exact) mass is 238 g/mol. The maximum atomic E-state index is 12.0. The molecule has 17 heavy (non-hydrogen) atoms. The summed E-state index contributed by atoms with van der Waals surface area (Å²) in [4.78, 5) is 12.0. The van der Waals surface area contributed by atoms with Gasteiger partial charge in [-0.15, -0.1) is 0 Å². The zero-order valence-electron chi connectivity index (χ0n) is 11.0. The Kier molecular flexibility index (Phi) is 4.84. The second-order valence-corrected chi connectivity index (χ2v) is 5.77. The van der Waals surface area contributed by atoms with Gasteiger partial charge in [-0.05, 0) is 37.6 Å². The number of rotatable bonds is 3. The van der Waals surface area contributed by atoms with Crippen molar-refractivity contribution >= 4 is 5.91 Å². The van der Waals surface area contributed by atoms with E-state index >= 15 is 0 Å². The summed E-state index contributed by atoms with van der Waals surface area (Å²) in [7, 11) is 0. The van der Waals surface area contributed by atoms with Crippen LogP contribution in [0, 0.1) is 11.8 Å². The van der Waals surface area contributed by atoms with Gasteiger partial charge in [0.1, 0.15) is 0 Å². The average Bonchev–Trinajstić information content (AvgIpc) is 2.38. The smallest absolute Gasteiger partial charge is 0.237 e. The predicted octanol–water partition coefficient (Wildman–Crippen LogP) is 2.07. The Morgan fingerprint density at radius 2 is 1.94 bits per heavy atom. The summed E-state index contributed by atoms with van der Waals surface area (Å²) in [5.74, 6) is 1.71. The maximum absolute atomic E-state index is 12.0. The topological polar surface area (TPSA) is 41.1 Å². The van der Waals surface area contributed by atoms with Crippen LogP contribution >= 0.6 is 0 Å². The van der Waals surface area contributed by atoms with Crippen molar-refractivity contribution in [2.24, 2.45) is 11.8 Å². The summed E-state index contributed by atoms with van der Waals surface area (Å²) < 4.78 is 0. The van der Waals surface area contributed by atoms with Crippen LogP contribution in [0.25, 0.3) is 0 Å². The molecule has 2 N–H and O–H groups in total. The first-order valence-electron chi connectivity index (χ1n) is 7.28. The van der Waals surface area contributed by atoms with Gasteiger partial charge in [-0.1, -0.05) is 32.6 Å². The lowest BCUT2D eigenvalue weighted by molar-refractivity contribution is -0.124. The van der Waals surface area contributed by atoms with Crippen molar-refractivity contribution in [1.82, 2.24) is 10.6 Å². The third kappa shape index (κ3) is 3.70. The number of piperidine rings is 1. The van der Waals surface area contributed by atoms with Gasteiger partial charge in [0.2, 0.25) is 5.91 Å². The van der Waals surface area contributed by atoms with Gasteiger partial charge in [-0.2, -0.15) is 0 Å². The zero-order valence-corrected chi connectivity index (χ0v) is 11.0. The largest absolute Gasteiger partial charge is 0.354 e. The normalized spacial score (nSPS) is 34.3. The van der Waals surface area contributed by atoms with Crippen LogP contribution in [0.5, 0.6) is 0 Å². The fourth-order valence-corrected chi connectivity index (χ4v) is 3.13. The van der Waals surface area contributed by atoms with Crippen molar-refractivity contribution < 1.29 is 4.79 Å². The van der Waals surface area contributed by atoms with E-state index in [4.69, 9.17) is 0 Å². The van der Waals surface area contributed by atoms with Crippen molar-refractivity contribution in [1.29, 1.82) is 0 Å². The zero-order chi connectivity index (χ0) is 12.1. The highest BCUT2D eigenvalue weighted by Crippen LogP contribution is 2.28. The van der Waals surface area contributed by atoms with E-state index in [2.05, 4.69) is 17.6 Å². The Morgan fingerprint density at radius 1 is 1.18 bits per heavy atom. The molecule has 2 fully saturated rings. The number of carbonyl (C=O) groups is 1. The van der Waals surface area contributed by atoms with Crippen molar-refractivity contribution in [3.63, 3.8) is 0 Å². The van der Waals surface area contributed by atoms with Gasteiger partial charge in [-0.25, -0.2) is 0 Å². The maximum Gasteiger partial charge on any atom is 0.237 e. The van der Waals surface area contributed by atoms with E-state index in [1.54, 1.807) is 0 Å². The van der Waals surface area contributed by atoms with Crippen LogP contribution in [0.2, 0.25) is 0 Å². The SMILES string of the molecule is CC1CCCCC1CNC(=O)[C@@H]1CCCCN1. The van der Waals surface area contributed by atoms with Gasteiger partial charge >= 0.3 is 0 Å². The van der Waals surface area contributed by atoms with E-state index in [-0.39, 0.29) is 11.9 Å². The molecule has 3 nitrogen and oxygen atoms in total. The molecule has 3 atom stereocenters. The van der Waals surface area contributed by atoms with Gasteiger partial charge in [0.15, 0.2) is 0 Å². The number of carbonyl (C=O) groups excluding carboxylic acids is 1. The fraction of sp³-hybridized carbons (Fsp3) is 0.929. The van der Waals surface area contributed by atoms with Crippen LogP contribution in [-0.4, -0.2) is 25.0 Å². The van der Waals surface area contributed by atoms with Crippen molar-refractivity contribution in [3.8, 4) is 0 Å². The first-order valence-corrected chi connectivity index (χ1v) is 7.28. The van der Waals surface area contributed by atoms with Crippen molar-refractivity contribution in [2.75, 3.05) is 13.1 Å². The molecule has 0 bridgehead atoms.